The van der Waals surface area contributed by atoms with E-state index in [1.165, 1.54) is 11.8 Å². The summed E-state index contributed by atoms with van der Waals surface area (Å²) in [5.41, 5.74) is 0. The Morgan fingerprint density at radius 2 is 2.11 bits per heavy atom. The van der Waals surface area contributed by atoms with Crippen LogP contribution in [0.2, 0.25) is 0 Å². The molecule has 18 heavy (non-hydrogen) atoms. The lowest BCUT2D eigenvalue weighted by molar-refractivity contribution is -0.143. The molecular formula is C9H13F3N2O3S. The van der Waals surface area contributed by atoms with Gasteiger partial charge in [0, 0.05) is 25.1 Å². The minimum atomic E-state index is -4.49. The number of amides is 2. The number of alkyl halides is 3. The Kier molecular flexibility index (Phi) is 4.71. The minimum Gasteiger partial charge on any atom is -0.480 e. The van der Waals surface area contributed by atoms with Crippen LogP contribution >= 0.6 is 11.8 Å². The second-order valence-electron chi connectivity index (χ2n) is 3.88. The van der Waals surface area contributed by atoms with Crippen LogP contribution in [0.4, 0.5) is 18.0 Å². The smallest absolute Gasteiger partial charge is 0.406 e. The lowest BCUT2D eigenvalue weighted by atomic mass is 10.3. The first-order valence-electron chi connectivity index (χ1n) is 5.11. The Balaban J connectivity index is 2.71. The summed E-state index contributed by atoms with van der Waals surface area (Å²) in [6, 6.07) is -1.97. The van der Waals surface area contributed by atoms with Crippen LogP contribution in [0.25, 0.3) is 0 Å². The van der Waals surface area contributed by atoms with Gasteiger partial charge in [-0.2, -0.15) is 24.9 Å². The van der Waals surface area contributed by atoms with Crippen molar-refractivity contribution in [3.05, 3.63) is 0 Å². The van der Waals surface area contributed by atoms with Crippen molar-refractivity contribution in [3.63, 3.8) is 0 Å². The van der Waals surface area contributed by atoms with Crippen LogP contribution in [-0.2, 0) is 4.79 Å². The summed E-state index contributed by atoms with van der Waals surface area (Å²) in [5.74, 6) is -0.480. The Bertz CT molecular complexity index is 338. The van der Waals surface area contributed by atoms with Crippen LogP contribution in [0.5, 0.6) is 0 Å². The number of carboxylic acid groups (broad SMARTS) is 1. The first-order valence-corrected chi connectivity index (χ1v) is 6.27. The van der Waals surface area contributed by atoms with Gasteiger partial charge in [0.1, 0.15) is 12.6 Å². The predicted molar refractivity (Wildman–Crippen MR) is 59.5 cm³/mol. The number of hydrogen-bond acceptors (Lipinski definition) is 3. The molecule has 1 aliphatic heterocycles. The van der Waals surface area contributed by atoms with Gasteiger partial charge in [-0.1, -0.05) is 0 Å². The third-order valence-corrected chi connectivity index (χ3v) is 3.42. The number of rotatable bonds is 2. The lowest BCUT2D eigenvalue weighted by Gasteiger charge is -2.35. The zero-order valence-electron chi connectivity index (χ0n) is 9.61. The number of carboxylic acids is 1. The van der Waals surface area contributed by atoms with Gasteiger partial charge < -0.3 is 14.9 Å². The molecule has 5 nitrogen and oxygen atoms in total. The largest absolute Gasteiger partial charge is 0.480 e. The summed E-state index contributed by atoms with van der Waals surface area (Å²) >= 11 is 1.36. The molecular weight excluding hydrogens is 273 g/mol. The molecule has 1 unspecified atom stereocenters. The summed E-state index contributed by atoms with van der Waals surface area (Å²) in [6.45, 7) is -1.25. The highest BCUT2D eigenvalue weighted by Gasteiger charge is 2.37. The molecule has 1 atom stereocenters. The molecule has 1 rings (SSSR count). The van der Waals surface area contributed by atoms with Gasteiger partial charge in [0.25, 0.3) is 0 Å². The van der Waals surface area contributed by atoms with Crippen molar-refractivity contribution in [1.82, 2.24) is 9.80 Å². The molecule has 0 aromatic carbocycles. The maximum Gasteiger partial charge on any atom is 0.406 e. The number of carbonyl (C=O) groups excluding carboxylic acids is 1. The van der Waals surface area contributed by atoms with Crippen molar-refractivity contribution < 1.29 is 27.9 Å². The summed E-state index contributed by atoms with van der Waals surface area (Å²) in [5, 5.41) is 8.92. The number of halogens is 3. The second kappa shape index (κ2) is 5.68. The van der Waals surface area contributed by atoms with Crippen LogP contribution in [-0.4, -0.2) is 70.8 Å². The third-order valence-electron chi connectivity index (χ3n) is 2.40. The fraction of sp³-hybridized carbons (Fsp3) is 0.778. The molecule has 2 amide bonds. The molecule has 0 radical (unpaired) electrons. The Labute approximate surface area is 106 Å². The topological polar surface area (TPSA) is 60.9 Å². The van der Waals surface area contributed by atoms with Gasteiger partial charge in [-0.3, -0.25) is 0 Å². The average Bonchev–Trinajstić information content (AvgIpc) is 2.25. The molecule has 104 valence electrons. The van der Waals surface area contributed by atoms with Crippen LogP contribution in [0.15, 0.2) is 0 Å². The van der Waals surface area contributed by atoms with Crippen molar-refractivity contribution in [1.29, 1.82) is 0 Å². The molecule has 0 spiro atoms. The molecule has 1 fully saturated rings. The van der Waals surface area contributed by atoms with E-state index in [-0.39, 0.29) is 12.3 Å². The van der Waals surface area contributed by atoms with E-state index in [4.69, 9.17) is 5.11 Å². The van der Waals surface area contributed by atoms with Crippen molar-refractivity contribution >= 4 is 23.8 Å². The van der Waals surface area contributed by atoms with Crippen LogP contribution in [0, 0.1) is 0 Å². The zero-order valence-corrected chi connectivity index (χ0v) is 10.4. The lowest BCUT2D eigenvalue weighted by Crippen LogP contribution is -2.55. The fourth-order valence-electron chi connectivity index (χ4n) is 1.59. The summed E-state index contributed by atoms with van der Waals surface area (Å²) in [4.78, 5) is 24.2. The molecule has 1 heterocycles. The fourth-order valence-corrected chi connectivity index (χ4v) is 2.63. The van der Waals surface area contributed by atoms with E-state index in [9.17, 15) is 22.8 Å². The molecule has 0 aromatic rings. The number of nitrogens with zero attached hydrogens (tertiary/aromatic N) is 2. The number of carbonyl (C=O) groups is 2. The van der Waals surface area contributed by atoms with E-state index in [2.05, 4.69) is 0 Å². The van der Waals surface area contributed by atoms with E-state index in [0.717, 1.165) is 11.9 Å². The quantitative estimate of drug-likeness (QED) is 0.826. The first-order chi connectivity index (χ1) is 8.22. The predicted octanol–water partition coefficient (Wildman–Crippen LogP) is 1.10. The summed E-state index contributed by atoms with van der Waals surface area (Å²) < 4.78 is 36.5. The molecule has 0 aliphatic carbocycles. The number of hydrogen-bond donors (Lipinski definition) is 1. The highest BCUT2D eigenvalue weighted by Crippen LogP contribution is 2.20. The van der Waals surface area contributed by atoms with Gasteiger partial charge in [0.15, 0.2) is 0 Å². The van der Waals surface area contributed by atoms with Gasteiger partial charge in [-0.05, 0) is 0 Å². The summed E-state index contributed by atoms with van der Waals surface area (Å²) in [6.07, 6.45) is -4.49. The Morgan fingerprint density at radius 3 is 2.61 bits per heavy atom. The van der Waals surface area contributed by atoms with Gasteiger partial charge in [-0.15, -0.1) is 0 Å². The molecule has 1 N–H and O–H groups in total. The number of urea groups is 1. The van der Waals surface area contributed by atoms with Crippen molar-refractivity contribution in [2.75, 3.05) is 31.6 Å². The van der Waals surface area contributed by atoms with Gasteiger partial charge >= 0.3 is 18.2 Å². The van der Waals surface area contributed by atoms with Crippen LogP contribution < -0.4 is 0 Å². The van der Waals surface area contributed by atoms with E-state index >= 15 is 0 Å². The highest BCUT2D eigenvalue weighted by molar-refractivity contribution is 7.99. The average molecular weight is 286 g/mol. The van der Waals surface area contributed by atoms with Gasteiger partial charge in [-0.25, -0.2) is 9.59 Å². The van der Waals surface area contributed by atoms with Crippen LogP contribution in [0.1, 0.15) is 0 Å². The Morgan fingerprint density at radius 1 is 1.50 bits per heavy atom. The highest BCUT2D eigenvalue weighted by atomic mass is 32.2. The van der Waals surface area contributed by atoms with Crippen molar-refractivity contribution in [2.24, 2.45) is 0 Å². The molecule has 0 bridgehead atoms. The SMILES string of the molecule is CN(CC(F)(F)F)C(=O)N1CCSCC1C(=O)O. The maximum absolute atomic E-state index is 12.2. The molecule has 9 heteroatoms. The standard InChI is InChI=1S/C9H13F3N2O3S/c1-13(5-9(10,11)12)8(17)14-2-3-18-4-6(14)7(15)16/h6H,2-5H2,1H3,(H,15,16). The molecule has 1 aliphatic rings. The number of thioether (sulfide) groups is 1. The van der Waals surface area contributed by atoms with E-state index in [1.54, 1.807) is 0 Å². The van der Waals surface area contributed by atoms with E-state index in [0.29, 0.717) is 10.7 Å². The van der Waals surface area contributed by atoms with Gasteiger partial charge in [0.05, 0.1) is 0 Å². The Hall–Kier alpha value is -1.12. The van der Waals surface area contributed by atoms with Crippen LogP contribution in [0.3, 0.4) is 0 Å². The normalized spacial score (nSPS) is 20.7. The number of aliphatic carboxylic acids is 1. The monoisotopic (exact) mass is 286 g/mol. The zero-order chi connectivity index (χ0) is 13.9. The van der Waals surface area contributed by atoms with Crippen molar-refractivity contribution in [3.8, 4) is 0 Å². The molecule has 1 saturated heterocycles. The van der Waals surface area contributed by atoms with Gasteiger partial charge in [0.2, 0.25) is 0 Å². The first kappa shape index (κ1) is 14.9. The minimum absolute atomic E-state index is 0.142. The van der Waals surface area contributed by atoms with Crippen molar-refractivity contribution in [2.45, 2.75) is 12.2 Å². The maximum atomic E-state index is 12.2. The summed E-state index contributed by atoms with van der Waals surface area (Å²) in [7, 11) is 1.01. The van der Waals surface area contributed by atoms with E-state index < -0.39 is 30.8 Å². The molecule has 0 aromatic heterocycles. The molecule has 0 saturated carbocycles. The third kappa shape index (κ3) is 3.97. The van der Waals surface area contributed by atoms with E-state index in [1.807, 2.05) is 0 Å². The second-order valence-corrected chi connectivity index (χ2v) is 5.03.